The van der Waals surface area contributed by atoms with Crippen LogP contribution in [0.3, 0.4) is 0 Å². The number of rotatable bonds is 1. The van der Waals surface area contributed by atoms with Crippen molar-refractivity contribution >= 4 is 33.9 Å². The fourth-order valence-corrected chi connectivity index (χ4v) is 0.849. The van der Waals surface area contributed by atoms with Crippen LogP contribution < -0.4 is 0 Å². The van der Waals surface area contributed by atoms with Crippen LogP contribution in [0.25, 0.3) is 0 Å². The number of esters is 1. The van der Waals surface area contributed by atoms with Crippen LogP contribution in [0.5, 0.6) is 0 Å². The van der Waals surface area contributed by atoms with Crippen LogP contribution >= 0.6 is 27.9 Å². The van der Waals surface area contributed by atoms with Gasteiger partial charge in [0.15, 0.2) is 0 Å². The van der Waals surface area contributed by atoms with Crippen LogP contribution in [0, 0.1) is 6.92 Å². The maximum absolute atomic E-state index is 10.9. The molecule has 0 fully saturated rings. The topological polar surface area (TPSA) is 26.3 Å². The van der Waals surface area contributed by atoms with E-state index in [2.05, 4.69) is 4.74 Å². The number of hydrogen-bond donors (Lipinski definition) is 0. The zero-order valence-electron chi connectivity index (χ0n) is 7.68. The summed E-state index contributed by atoms with van der Waals surface area (Å²) in [5, 5.41) is 0. The minimum atomic E-state index is -1.92. The van der Waals surface area contributed by atoms with E-state index in [1.807, 2.05) is 19.1 Å². The Morgan fingerprint density at radius 3 is 2.29 bits per heavy atom. The first-order valence-corrected chi connectivity index (χ1v) is 10.1. The summed E-state index contributed by atoms with van der Waals surface area (Å²) in [6.07, 6.45) is 0. The van der Waals surface area contributed by atoms with Crippen molar-refractivity contribution in [2.75, 3.05) is 7.11 Å². The van der Waals surface area contributed by atoms with Crippen molar-refractivity contribution in [3.8, 4) is 0 Å². The average Bonchev–Trinajstić information content (AvgIpc) is 2.49. The van der Waals surface area contributed by atoms with Gasteiger partial charge in [-0.2, -0.15) is 18.2 Å². The zero-order valence-corrected chi connectivity index (χ0v) is 11.5. The molecule has 0 aliphatic carbocycles. The normalized spacial score (nSPS) is 8.64. The van der Waals surface area contributed by atoms with E-state index in [0.717, 1.165) is 5.56 Å². The van der Waals surface area contributed by atoms with Crippen LogP contribution in [-0.4, -0.2) is 13.1 Å². The second kappa shape index (κ2) is 7.66. The van der Waals surface area contributed by atoms with Crippen LogP contribution in [0.1, 0.15) is 15.9 Å². The predicted molar refractivity (Wildman–Crippen MR) is 55.7 cm³/mol. The molecule has 0 amide bonds. The molecule has 0 bridgehead atoms. The molecule has 78 valence electrons. The molecule has 0 unspecified atom stereocenters. The minimum absolute atomic E-state index is 0.262. The Morgan fingerprint density at radius 1 is 1.50 bits per heavy atom. The van der Waals surface area contributed by atoms with E-state index in [4.69, 9.17) is 27.9 Å². The third kappa shape index (κ3) is 6.00. The second-order valence-corrected chi connectivity index (χ2v) is 10.1. The van der Waals surface area contributed by atoms with Gasteiger partial charge in [0.1, 0.15) is 0 Å². The number of carbonyl (C=O) groups excluding carboxylic acids is 1. The number of hydrogen-bond acceptors (Lipinski definition) is 2. The van der Waals surface area contributed by atoms with Gasteiger partial charge in [-0.1, -0.05) is 12.5 Å². The van der Waals surface area contributed by atoms with Gasteiger partial charge in [-0.15, -0.1) is 5.56 Å². The first-order chi connectivity index (χ1) is 6.49. The molecule has 0 spiro atoms. The standard InChI is InChI=1S/C8H9O2.3ClH.Ti/c1-6-4-3-5-7(6)8(9)10-2;;;;/h3-5H,1-2H3;3*1H;/q-1;;;;+4/p-3. The molecule has 0 aromatic heterocycles. The SMILES string of the molecule is COC(=O)c1ccc[c-]1C.[Cl][Ti+]([Cl])[Cl]. The van der Waals surface area contributed by atoms with Gasteiger partial charge in [-0.05, 0) is 0 Å². The van der Waals surface area contributed by atoms with E-state index in [1.165, 1.54) is 7.11 Å². The summed E-state index contributed by atoms with van der Waals surface area (Å²) in [6.45, 7) is 1.88. The quantitative estimate of drug-likeness (QED) is 0.449. The van der Waals surface area contributed by atoms with Gasteiger partial charge in [0.2, 0.25) is 5.97 Å². The van der Waals surface area contributed by atoms with Gasteiger partial charge in [0.05, 0.1) is 7.11 Å². The van der Waals surface area contributed by atoms with Gasteiger partial charge in [-0.25, -0.2) is 0 Å². The van der Waals surface area contributed by atoms with E-state index in [0.29, 0.717) is 5.56 Å². The first-order valence-electron chi connectivity index (χ1n) is 3.63. The van der Waals surface area contributed by atoms with Gasteiger partial charge >= 0.3 is 42.6 Å². The molecule has 6 heteroatoms. The molecule has 14 heavy (non-hydrogen) atoms. The Balaban J connectivity index is 0.000000364. The zero-order chi connectivity index (χ0) is 11.1. The maximum atomic E-state index is 10.9. The molecule has 0 aliphatic rings. The molecule has 0 atom stereocenters. The van der Waals surface area contributed by atoms with E-state index >= 15 is 0 Å². The van der Waals surface area contributed by atoms with Gasteiger partial charge < -0.3 is 9.53 Å². The number of ether oxygens (including phenoxy) is 1. The molecule has 0 saturated heterocycles. The van der Waals surface area contributed by atoms with E-state index < -0.39 is 14.7 Å². The van der Waals surface area contributed by atoms with E-state index in [1.54, 1.807) is 6.07 Å². The summed E-state index contributed by atoms with van der Waals surface area (Å²) in [4.78, 5) is 10.9. The van der Waals surface area contributed by atoms with Crippen LogP contribution in [-0.2, 0) is 19.4 Å². The fourth-order valence-electron chi connectivity index (χ4n) is 0.849. The molecule has 1 rings (SSSR count). The molecule has 0 saturated carbocycles. The summed E-state index contributed by atoms with van der Waals surface area (Å²) in [5.41, 5.74) is 1.62. The Labute approximate surface area is 101 Å². The molecule has 0 radical (unpaired) electrons. The van der Waals surface area contributed by atoms with Crippen LogP contribution in [0.4, 0.5) is 0 Å². The Hall–Kier alpha value is 0.404. The van der Waals surface area contributed by atoms with E-state index in [9.17, 15) is 4.79 Å². The summed E-state index contributed by atoms with van der Waals surface area (Å²) in [7, 11) is 16.3. The molecule has 0 aliphatic heterocycles. The number of halogens is 3. The molecule has 1 aromatic carbocycles. The summed E-state index contributed by atoms with van der Waals surface area (Å²) >= 11 is -1.92. The first kappa shape index (κ1) is 14.4. The van der Waals surface area contributed by atoms with Crippen molar-refractivity contribution in [3.05, 3.63) is 29.3 Å². The third-order valence-electron chi connectivity index (χ3n) is 1.44. The van der Waals surface area contributed by atoms with Gasteiger partial charge in [0.25, 0.3) is 0 Å². The van der Waals surface area contributed by atoms with Crippen LogP contribution in [0.15, 0.2) is 18.2 Å². The Kier molecular flexibility index (Phi) is 7.89. The van der Waals surface area contributed by atoms with Crippen molar-refractivity contribution in [1.82, 2.24) is 0 Å². The van der Waals surface area contributed by atoms with Gasteiger partial charge in [0, 0.05) is 0 Å². The van der Waals surface area contributed by atoms with Crippen LogP contribution in [0.2, 0.25) is 0 Å². The predicted octanol–water partition coefficient (Wildman–Crippen LogP) is 3.57. The van der Waals surface area contributed by atoms with E-state index in [-0.39, 0.29) is 5.97 Å². The molecule has 0 N–H and O–H groups in total. The average molecular weight is 291 g/mol. The van der Waals surface area contributed by atoms with Crippen molar-refractivity contribution < 1.29 is 24.2 Å². The second-order valence-electron chi connectivity index (χ2n) is 2.33. The molecule has 2 nitrogen and oxygen atoms in total. The molecule has 0 heterocycles. The number of methoxy groups -OCH3 is 1. The van der Waals surface area contributed by atoms with Crippen molar-refractivity contribution in [2.24, 2.45) is 0 Å². The number of carbonyl (C=O) groups is 1. The summed E-state index contributed by atoms with van der Waals surface area (Å²) in [6, 6.07) is 5.47. The van der Waals surface area contributed by atoms with Gasteiger partial charge in [-0.3, -0.25) is 0 Å². The summed E-state index contributed by atoms with van der Waals surface area (Å²) in [5.74, 6) is -0.262. The van der Waals surface area contributed by atoms with Crippen molar-refractivity contribution in [1.29, 1.82) is 0 Å². The molecular formula is C8H9Cl3O2Ti. The Morgan fingerprint density at radius 2 is 2.00 bits per heavy atom. The third-order valence-corrected chi connectivity index (χ3v) is 1.44. The monoisotopic (exact) mass is 290 g/mol. The molecular weight excluding hydrogens is 282 g/mol. The Bertz CT molecular complexity index is 283. The van der Waals surface area contributed by atoms with Crippen molar-refractivity contribution in [3.63, 3.8) is 0 Å². The fraction of sp³-hybridized carbons (Fsp3) is 0.250. The number of aryl methyl sites for hydroxylation is 1. The molecule has 1 aromatic rings. The van der Waals surface area contributed by atoms with Crippen molar-refractivity contribution in [2.45, 2.75) is 6.92 Å². The summed E-state index contributed by atoms with van der Waals surface area (Å²) < 4.78 is 4.54.